The fourth-order valence-electron chi connectivity index (χ4n) is 3.27. The summed E-state index contributed by atoms with van der Waals surface area (Å²) in [5, 5.41) is 18.8. The molecule has 1 aromatic carbocycles. The third-order valence-corrected chi connectivity index (χ3v) is 4.74. The van der Waals surface area contributed by atoms with Crippen molar-refractivity contribution in [2.45, 2.75) is 44.6 Å². The Balaban J connectivity index is 2.32. The van der Waals surface area contributed by atoms with Crippen molar-refractivity contribution in [2.75, 3.05) is 26.2 Å². The maximum Gasteiger partial charge on any atom is 0.387 e. The first-order valence-electron chi connectivity index (χ1n) is 8.98. The summed E-state index contributed by atoms with van der Waals surface area (Å²) in [4.78, 5) is 12.6. The largest absolute Gasteiger partial charge is 0.490 e. The molecule has 0 aromatic heterocycles. The lowest BCUT2D eigenvalue weighted by Crippen LogP contribution is -2.44. The third-order valence-electron chi connectivity index (χ3n) is 4.74. The molecule has 1 fully saturated rings. The zero-order valence-electron chi connectivity index (χ0n) is 15.3. The van der Waals surface area contributed by atoms with E-state index in [0.29, 0.717) is 38.1 Å². The molecule has 0 atom stereocenters. The monoisotopic (exact) mass is 382 g/mol. The van der Waals surface area contributed by atoms with Crippen molar-refractivity contribution < 1.29 is 28.2 Å². The lowest BCUT2D eigenvalue weighted by Gasteiger charge is -2.37. The van der Waals surface area contributed by atoms with Crippen LogP contribution in [0.2, 0.25) is 0 Å². The minimum atomic E-state index is -3.04. The number of ether oxygens (including phenoxy) is 2. The van der Waals surface area contributed by atoms with Gasteiger partial charge in [-0.1, -0.05) is 25.5 Å². The maximum absolute atomic E-state index is 13.0. The highest BCUT2D eigenvalue weighted by Gasteiger charge is 2.40. The number of carboxylic acid groups (broad SMARTS) is 1. The van der Waals surface area contributed by atoms with Gasteiger partial charge in [-0.25, -0.2) is 0 Å². The average molecular weight is 382 g/mol. The van der Waals surface area contributed by atoms with E-state index in [1.54, 1.807) is 23.1 Å². The van der Waals surface area contributed by atoms with Crippen LogP contribution in [-0.4, -0.2) is 48.8 Å². The zero-order valence-corrected chi connectivity index (χ0v) is 15.3. The molecule has 6 nitrogen and oxygen atoms in total. The second-order valence-electron chi connectivity index (χ2n) is 6.58. The second-order valence-corrected chi connectivity index (χ2v) is 6.58. The molecule has 0 bridgehead atoms. The van der Waals surface area contributed by atoms with Gasteiger partial charge in [0.2, 0.25) is 0 Å². The summed E-state index contributed by atoms with van der Waals surface area (Å²) in [6, 6.07) is 7.09. The smallest absolute Gasteiger partial charge is 0.387 e. The van der Waals surface area contributed by atoms with Gasteiger partial charge in [-0.05, 0) is 25.3 Å². The molecular formula is C19H24F2N2O4. The van der Waals surface area contributed by atoms with E-state index in [1.807, 2.05) is 6.92 Å². The number of likely N-dealkylation sites (tertiary alicyclic amines) is 1. The zero-order chi connectivity index (χ0) is 19.9. The van der Waals surface area contributed by atoms with E-state index >= 15 is 0 Å². The molecule has 0 spiro atoms. The van der Waals surface area contributed by atoms with E-state index in [9.17, 15) is 18.8 Å². The summed E-state index contributed by atoms with van der Waals surface area (Å²) < 4.78 is 36.5. The Morgan fingerprint density at radius 1 is 1.41 bits per heavy atom. The number of para-hydroxylation sites is 1. The molecule has 148 valence electrons. The fourth-order valence-corrected chi connectivity index (χ4v) is 3.27. The normalized spacial score (nSPS) is 16.7. The van der Waals surface area contributed by atoms with Crippen LogP contribution >= 0.6 is 0 Å². The lowest BCUT2D eigenvalue weighted by molar-refractivity contribution is -0.138. The lowest BCUT2D eigenvalue weighted by atomic mass is 9.73. The number of carbonyl (C=O) groups is 1. The first kappa shape index (κ1) is 20.9. The fraction of sp³-hybridized carbons (Fsp3) is 0.579. The number of nitrogens with zero attached hydrogens (tertiary/aromatic N) is 2. The maximum atomic E-state index is 13.0. The van der Waals surface area contributed by atoms with Crippen molar-refractivity contribution in [1.29, 1.82) is 5.26 Å². The van der Waals surface area contributed by atoms with Gasteiger partial charge >= 0.3 is 12.6 Å². The number of aliphatic carboxylic acids is 1. The molecule has 0 radical (unpaired) electrons. The third kappa shape index (κ3) is 5.30. The molecule has 8 heteroatoms. The molecule has 0 unspecified atom stereocenters. The molecular weight excluding hydrogens is 358 g/mol. The van der Waals surface area contributed by atoms with E-state index in [4.69, 9.17) is 14.6 Å². The summed E-state index contributed by atoms with van der Waals surface area (Å²) in [6.45, 7) is -0.0222. The number of benzene rings is 1. The highest BCUT2D eigenvalue weighted by Crippen LogP contribution is 2.44. The molecule has 1 aliphatic rings. The average Bonchev–Trinajstić information content (AvgIpc) is 2.63. The molecule has 1 saturated heterocycles. The molecule has 0 aliphatic carbocycles. The number of nitriles is 1. The highest BCUT2D eigenvalue weighted by atomic mass is 19.3. The van der Waals surface area contributed by atoms with E-state index in [0.717, 1.165) is 12.8 Å². The van der Waals surface area contributed by atoms with Crippen molar-refractivity contribution in [3.05, 3.63) is 23.8 Å². The molecule has 1 aromatic rings. The van der Waals surface area contributed by atoms with Gasteiger partial charge in [-0.15, -0.1) is 0 Å². The Hall–Kier alpha value is -2.40. The van der Waals surface area contributed by atoms with Crippen LogP contribution in [-0.2, 0) is 10.2 Å². The molecule has 1 aliphatic heterocycles. The van der Waals surface area contributed by atoms with E-state index < -0.39 is 18.0 Å². The Morgan fingerprint density at radius 3 is 2.67 bits per heavy atom. The van der Waals surface area contributed by atoms with Gasteiger partial charge in [-0.2, -0.15) is 14.0 Å². The predicted octanol–water partition coefficient (Wildman–Crippen LogP) is 3.41. The van der Waals surface area contributed by atoms with Crippen molar-refractivity contribution >= 4 is 5.97 Å². The summed E-state index contributed by atoms with van der Waals surface area (Å²) in [6.07, 6.45) is 2.32. The summed E-state index contributed by atoms with van der Waals surface area (Å²) >= 11 is 0. The standard InChI is InChI=1S/C19H24F2N2O4/c1-2-3-11-26-15-6-4-5-14(17(15)27-18(20)21)19(13-22)7-9-23(10-8-19)12-16(24)25/h4-6,18H,2-3,7-12H2,1H3,(H,24,25). The number of rotatable bonds is 9. The van der Waals surface area contributed by atoms with Crippen molar-refractivity contribution in [3.63, 3.8) is 0 Å². The van der Waals surface area contributed by atoms with Gasteiger partial charge in [0.25, 0.3) is 0 Å². The van der Waals surface area contributed by atoms with Crippen molar-refractivity contribution in [1.82, 2.24) is 4.90 Å². The Kier molecular flexibility index (Phi) is 7.36. The summed E-state index contributed by atoms with van der Waals surface area (Å²) in [5.41, 5.74) is -0.655. The van der Waals surface area contributed by atoms with Crippen LogP contribution < -0.4 is 9.47 Å². The number of carboxylic acids is 1. The number of unbranched alkanes of at least 4 members (excludes halogenated alkanes) is 1. The minimum absolute atomic E-state index is 0.100. The van der Waals surface area contributed by atoms with Gasteiger partial charge in [0, 0.05) is 18.7 Å². The number of piperidine rings is 1. The van der Waals surface area contributed by atoms with Crippen LogP contribution in [0.5, 0.6) is 11.5 Å². The van der Waals surface area contributed by atoms with Gasteiger partial charge < -0.3 is 14.6 Å². The van der Waals surface area contributed by atoms with Gasteiger partial charge in [0.1, 0.15) is 0 Å². The highest BCUT2D eigenvalue weighted by molar-refractivity contribution is 5.69. The quantitative estimate of drug-likeness (QED) is 0.659. The molecule has 0 amide bonds. The Morgan fingerprint density at radius 2 is 2.11 bits per heavy atom. The molecule has 27 heavy (non-hydrogen) atoms. The number of hydrogen-bond donors (Lipinski definition) is 1. The number of halogens is 2. The van der Waals surface area contributed by atoms with Crippen LogP contribution in [0.15, 0.2) is 18.2 Å². The van der Waals surface area contributed by atoms with Crippen LogP contribution in [0.1, 0.15) is 38.2 Å². The van der Waals surface area contributed by atoms with Gasteiger partial charge in [0.05, 0.1) is 24.6 Å². The Labute approximate surface area is 157 Å². The van der Waals surface area contributed by atoms with Crippen molar-refractivity contribution in [2.24, 2.45) is 0 Å². The number of hydrogen-bond acceptors (Lipinski definition) is 5. The van der Waals surface area contributed by atoms with Gasteiger partial charge in [-0.3, -0.25) is 9.69 Å². The minimum Gasteiger partial charge on any atom is -0.490 e. The molecule has 1 heterocycles. The first-order valence-corrected chi connectivity index (χ1v) is 8.98. The molecule has 2 rings (SSSR count). The van der Waals surface area contributed by atoms with Crippen LogP contribution in [0, 0.1) is 11.3 Å². The topological polar surface area (TPSA) is 82.8 Å². The van der Waals surface area contributed by atoms with E-state index in [1.165, 1.54) is 0 Å². The predicted molar refractivity (Wildman–Crippen MR) is 94.1 cm³/mol. The molecule has 0 saturated carbocycles. The van der Waals surface area contributed by atoms with Gasteiger partial charge in [0.15, 0.2) is 11.5 Å². The molecule has 1 N–H and O–H groups in total. The van der Waals surface area contributed by atoms with Crippen LogP contribution in [0.25, 0.3) is 0 Å². The van der Waals surface area contributed by atoms with Crippen LogP contribution in [0.3, 0.4) is 0 Å². The first-order chi connectivity index (χ1) is 12.9. The SMILES string of the molecule is CCCCOc1cccc(C2(C#N)CCN(CC(=O)O)CC2)c1OC(F)F. The Bertz CT molecular complexity index is 683. The second kappa shape index (κ2) is 9.51. The van der Waals surface area contributed by atoms with E-state index in [2.05, 4.69) is 6.07 Å². The van der Waals surface area contributed by atoms with Crippen LogP contribution in [0.4, 0.5) is 8.78 Å². The van der Waals surface area contributed by atoms with E-state index in [-0.39, 0.29) is 18.0 Å². The summed E-state index contributed by atoms with van der Waals surface area (Å²) in [7, 11) is 0. The number of alkyl halides is 2. The summed E-state index contributed by atoms with van der Waals surface area (Å²) in [5.74, 6) is -0.840. The van der Waals surface area contributed by atoms with Crippen molar-refractivity contribution in [3.8, 4) is 17.6 Å².